The lowest BCUT2D eigenvalue weighted by molar-refractivity contribution is -0.0804. The van der Waals surface area contributed by atoms with Gasteiger partial charge in [0.15, 0.2) is 0 Å². The molecule has 0 radical (unpaired) electrons. The van der Waals surface area contributed by atoms with E-state index in [1.165, 1.54) is 24.3 Å². The maximum Gasteiger partial charge on any atom is 0.409 e. The Morgan fingerprint density at radius 2 is 1.52 bits per heavy atom. The van der Waals surface area contributed by atoms with Crippen molar-refractivity contribution in [1.29, 1.82) is 0 Å². The number of benzene rings is 2. The molecule has 0 aliphatic heterocycles. The van der Waals surface area contributed by atoms with Crippen LogP contribution >= 0.6 is 0 Å². The molecule has 2 aromatic rings. The quantitative estimate of drug-likeness (QED) is 0.565. The summed E-state index contributed by atoms with van der Waals surface area (Å²) in [5.41, 5.74) is 0.572. The molecule has 0 amide bonds. The van der Waals surface area contributed by atoms with Crippen molar-refractivity contribution < 1.29 is 22.3 Å². The molecule has 2 aromatic carbocycles. The largest absolute Gasteiger partial charge is 0.482 e. The SMILES string of the molecule is Fc1ccc(OC(/C=C/C(F)(F)F)c2ccccc2)cc1. The summed E-state index contributed by atoms with van der Waals surface area (Å²) in [6.45, 7) is 0. The van der Waals surface area contributed by atoms with Gasteiger partial charge in [-0.3, -0.25) is 0 Å². The third-order valence-electron chi connectivity index (χ3n) is 2.66. The van der Waals surface area contributed by atoms with Crippen molar-refractivity contribution in [1.82, 2.24) is 0 Å². The van der Waals surface area contributed by atoms with E-state index in [0.717, 1.165) is 6.08 Å². The lowest BCUT2D eigenvalue weighted by atomic mass is 10.1. The van der Waals surface area contributed by atoms with Crippen LogP contribution in [0, 0.1) is 5.82 Å². The van der Waals surface area contributed by atoms with E-state index in [1.54, 1.807) is 30.3 Å². The molecule has 2 rings (SSSR count). The van der Waals surface area contributed by atoms with Crippen LogP contribution in [0.3, 0.4) is 0 Å². The van der Waals surface area contributed by atoms with Crippen LogP contribution in [-0.2, 0) is 0 Å². The summed E-state index contributed by atoms with van der Waals surface area (Å²) in [7, 11) is 0. The molecule has 0 fully saturated rings. The minimum absolute atomic E-state index is 0.133. The zero-order valence-electron chi connectivity index (χ0n) is 10.8. The maximum absolute atomic E-state index is 12.8. The molecule has 0 spiro atoms. The van der Waals surface area contributed by atoms with Gasteiger partial charge in [0.05, 0.1) is 0 Å². The molecular weight excluding hydrogens is 284 g/mol. The molecule has 110 valence electrons. The number of hydrogen-bond acceptors (Lipinski definition) is 1. The molecule has 0 heterocycles. The van der Waals surface area contributed by atoms with Crippen molar-refractivity contribution in [2.75, 3.05) is 0 Å². The normalized spacial score (nSPS) is 13.3. The Morgan fingerprint density at radius 1 is 0.905 bits per heavy atom. The molecule has 0 aromatic heterocycles. The first kappa shape index (κ1) is 15.1. The standard InChI is InChI=1S/C16H12F4O/c17-13-6-8-14(9-7-13)21-15(10-11-16(18,19)20)12-4-2-1-3-5-12/h1-11,15H/b11-10+. The van der Waals surface area contributed by atoms with E-state index in [-0.39, 0.29) is 11.8 Å². The fraction of sp³-hybridized carbons (Fsp3) is 0.125. The minimum Gasteiger partial charge on any atom is -0.482 e. The number of allylic oxidation sites excluding steroid dienone is 1. The van der Waals surface area contributed by atoms with Crippen molar-refractivity contribution >= 4 is 0 Å². The number of alkyl halides is 3. The highest BCUT2D eigenvalue weighted by molar-refractivity contribution is 5.27. The fourth-order valence-electron chi connectivity index (χ4n) is 1.72. The Labute approximate surface area is 119 Å². The zero-order valence-corrected chi connectivity index (χ0v) is 10.8. The van der Waals surface area contributed by atoms with Gasteiger partial charge in [-0.05, 0) is 35.9 Å². The molecule has 1 atom stereocenters. The Balaban J connectivity index is 2.24. The maximum atomic E-state index is 12.8. The summed E-state index contributed by atoms with van der Waals surface area (Å²) in [4.78, 5) is 0. The Morgan fingerprint density at radius 3 is 2.10 bits per heavy atom. The van der Waals surface area contributed by atoms with Crippen LogP contribution < -0.4 is 4.74 Å². The third kappa shape index (κ3) is 4.95. The molecule has 0 saturated heterocycles. The highest BCUT2D eigenvalue weighted by atomic mass is 19.4. The zero-order chi connectivity index (χ0) is 15.3. The first-order valence-electron chi connectivity index (χ1n) is 6.17. The van der Waals surface area contributed by atoms with E-state index in [9.17, 15) is 17.6 Å². The molecule has 0 bridgehead atoms. The third-order valence-corrected chi connectivity index (χ3v) is 2.66. The van der Waals surface area contributed by atoms with Crippen LogP contribution in [-0.4, -0.2) is 6.18 Å². The molecule has 5 heteroatoms. The van der Waals surface area contributed by atoms with Gasteiger partial charge in [0, 0.05) is 6.08 Å². The van der Waals surface area contributed by atoms with Gasteiger partial charge in [0.25, 0.3) is 0 Å². The first-order chi connectivity index (χ1) is 9.94. The topological polar surface area (TPSA) is 9.23 Å². The molecule has 1 nitrogen and oxygen atoms in total. The van der Waals surface area contributed by atoms with Gasteiger partial charge in [-0.2, -0.15) is 13.2 Å². The molecule has 0 aliphatic rings. The second-order valence-corrected chi connectivity index (χ2v) is 4.30. The van der Waals surface area contributed by atoms with Gasteiger partial charge in [-0.25, -0.2) is 4.39 Å². The van der Waals surface area contributed by atoms with E-state index in [2.05, 4.69) is 0 Å². The van der Waals surface area contributed by atoms with Crippen molar-refractivity contribution in [2.45, 2.75) is 12.3 Å². The summed E-state index contributed by atoms with van der Waals surface area (Å²) in [5, 5.41) is 0. The van der Waals surface area contributed by atoms with Gasteiger partial charge in [0.1, 0.15) is 17.7 Å². The number of halogens is 4. The number of rotatable bonds is 4. The van der Waals surface area contributed by atoms with Crippen LogP contribution in [0.5, 0.6) is 5.75 Å². The molecule has 0 N–H and O–H groups in total. The second-order valence-electron chi connectivity index (χ2n) is 4.30. The van der Waals surface area contributed by atoms with Crippen molar-refractivity contribution in [2.24, 2.45) is 0 Å². The van der Waals surface area contributed by atoms with Gasteiger partial charge in [-0.15, -0.1) is 0 Å². The molecule has 0 saturated carbocycles. The molecule has 0 aliphatic carbocycles. The van der Waals surface area contributed by atoms with Gasteiger partial charge in [-0.1, -0.05) is 30.3 Å². The number of ether oxygens (including phenoxy) is 1. The van der Waals surface area contributed by atoms with Gasteiger partial charge < -0.3 is 4.74 Å². The van der Waals surface area contributed by atoms with Crippen LogP contribution in [0.15, 0.2) is 66.7 Å². The van der Waals surface area contributed by atoms with Gasteiger partial charge in [0.2, 0.25) is 0 Å². The highest BCUT2D eigenvalue weighted by Gasteiger charge is 2.23. The lowest BCUT2D eigenvalue weighted by Gasteiger charge is -2.16. The van der Waals surface area contributed by atoms with Crippen molar-refractivity contribution in [3.8, 4) is 5.75 Å². The van der Waals surface area contributed by atoms with Crippen LogP contribution in [0.1, 0.15) is 11.7 Å². The van der Waals surface area contributed by atoms with E-state index in [0.29, 0.717) is 5.56 Å². The predicted molar refractivity (Wildman–Crippen MR) is 71.4 cm³/mol. The Kier molecular flexibility index (Phi) is 4.62. The van der Waals surface area contributed by atoms with E-state index < -0.39 is 18.1 Å². The minimum atomic E-state index is -4.42. The Hall–Kier alpha value is -2.30. The summed E-state index contributed by atoms with van der Waals surface area (Å²) >= 11 is 0. The van der Waals surface area contributed by atoms with E-state index in [4.69, 9.17) is 4.74 Å². The smallest absolute Gasteiger partial charge is 0.409 e. The van der Waals surface area contributed by atoms with Crippen molar-refractivity contribution in [3.63, 3.8) is 0 Å². The summed E-state index contributed by atoms with van der Waals surface area (Å²) in [5.74, 6) is -0.151. The van der Waals surface area contributed by atoms with Crippen LogP contribution in [0.4, 0.5) is 17.6 Å². The second kappa shape index (κ2) is 6.43. The monoisotopic (exact) mass is 296 g/mol. The van der Waals surface area contributed by atoms with E-state index >= 15 is 0 Å². The predicted octanol–water partition coefficient (Wildman–Crippen LogP) is 5.06. The lowest BCUT2D eigenvalue weighted by Crippen LogP contribution is -2.08. The van der Waals surface area contributed by atoms with Gasteiger partial charge >= 0.3 is 6.18 Å². The van der Waals surface area contributed by atoms with Crippen molar-refractivity contribution in [3.05, 3.63) is 78.1 Å². The summed E-state index contributed by atoms with van der Waals surface area (Å²) in [6.07, 6.45) is -4.26. The Bertz CT molecular complexity index is 588. The molecule has 21 heavy (non-hydrogen) atoms. The van der Waals surface area contributed by atoms with E-state index in [1.807, 2.05) is 0 Å². The number of hydrogen-bond donors (Lipinski definition) is 0. The molecule has 1 unspecified atom stereocenters. The molecular formula is C16H12F4O. The van der Waals surface area contributed by atoms with Crippen LogP contribution in [0.25, 0.3) is 0 Å². The van der Waals surface area contributed by atoms with Crippen LogP contribution in [0.2, 0.25) is 0 Å². The highest BCUT2D eigenvalue weighted by Crippen LogP contribution is 2.26. The average molecular weight is 296 g/mol. The summed E-state index contributed by atoms with van der Waals surface area (Å²) < 4.78 is 55.3. The first-order valence-corrected chi connectivity index (χ1v) is 6.17. The average Bonchev–Trinajstić information content (AvgIpc) is 2.45. The summed E-state index contributed by atoms with van der Waals surface area (Å²) in [6, 6.07) is 13.6. The fourth-order valence-corrected chi connectivity index (χ4v) is 1.72.